The fourth-order valence-electron chi connectivity index (χ4n) is 1.62. The van der Waals surface area contributed by atoms with Gasteiger partial charge in [-0.3, -0.25) is 4.79 Å². The topological polar surface area (TPSA) is 92.9 Å². The Morgan fingerprint density at radius 1 is 1.32 bits per heavy atom. The number of phenols is 1. The van der Waals surface area contributed by atoms with E-state index in [1.807, 2.05) is 6.92 Å². The number of carbonyl (C=O) groups is 1. The molecule has 0 fully saturated rings. The number of aromatic hydroxyl groups is 1. The normalized spacial score (nSPS) is 12.4. The number of thioether (sulfide) groups is 1. The van der Waals surface area contributed by atoms with Crippen molar-refractivity contribution < 1.29 is 9.90 Å². The average Bonchev–Trinajstić information content (AvgIpc) is 2.94. The largest absolute Gasteiger partial charge is 0.508 e. The van der Waals surface area contributed by atoms with E-state index in [0.717, 1.165) is 5.69 Å². The molecule has 1 amide bonds. The van der Waals surface area contributed by atoms with Gasteiger partial charge in [0.1, 0.15) is 5.75 Å². The third-order valence-electron chi connectivity index (χ3n) is 3.26. The van der Waals surface area contributed by atoms with Crippen LogP contribution in [0.1, 0.15) is 20.8 Å². The predicted molar refractivity (Wildman–Crippen MR) is 84.0 cm³/mol. The molecule has 1 atom stereocenters. The minimum atomic E-state index is -0.0496. The molecule has 1 aromatic heterocycles. The molecule has 118 valence electrons. The molecule has 7 nitrogen and oxygen atoms in total. The van der Waals surface area contributed by atoms with Crippen molar-refractivity contribution in [3.63, 3.8) is 0 Å². The summed E-state index contributed by atoms with van der Waals surface area (Å²) >= 11 is 1.27. The molecule has 0 saturated heterocycles. The van der Waals surface area contributed by atoms with Crippen LogP contribution < -0.4 is 5.32 Å². The van der Waals surface area contributed by atoms with Crippen LogP contribution in [-0.2, 0) is 4.79 Å². The maximum absolute atomic E-state index is 11.9. The summed E-state index contributed by atoms with van der Waals surface area (Å²) in [5.41, 5.74) is 0.723. The first-order valence-corrected chi connectivity index (χ1v) is 7.96. The lowest BCUT2D eigenvalue weighted by Crippen LogP contribution is -2.37. The van der Waals surface area contributed by atoms with Gasteiger partial charge in [-0.15, -0.1) is 5.10 Å². The fraction of sp³-hybridized carbons (Fsp3) is 0.429. The van der Waals surface area contributed by atoms with Crippen LogP contribution in [0.4, 0.5) is 0 Å². The van der Waals surface area contributed by atoms with Crippen molar-refractivity contribution in [3.8, 4) is 11.4 Å². The highest BCUT2D eigenvalue weighted by molar-refractivity contribution is 7.99. The standard InChI is InChI=1S/C14H19N5O2S/c1-9(2)10(3)15-13(21)8-22-14-16-17-18-19(14)11-4-6-12(20)7-5-11/h4-7,9-10,20H,8H2,1-3H3,(H,15,21). The van der Waals surface area contributed by atoms with Crippen LogP contribution in [0.5, 0.6) is 5.75 Å². The van der Waals surface area contributed by atoms with E-state index >= 15 is 0 Å². The molecule has 1 unspecified atom stereocenters. The highest BCUT2D eigenvalue weighted by atomic mass is 32.2. The van der Waals surface area contributed by atoms with Crippen LogP contribution in [0.2, 0.25) is 0 Å². The Morgan fingerprint density at radius 2 is 2.00 bits per heavy atom. The van der Waals surface area contributed by atoms with E-state index in [4.69, 9.17) is 0 Å². The van der Waals surface area contributed by atoms with Gasteiger partial charge in [-0.1, -0.05) is 25.6 Å². The number of benzene rings is 1. The van der Waals surface area contributed by atoms with Crippen molar-refractivity contribution in [1.29, 1.82) is 0 Å². The average molecular weight is 321 g/mol. The first-order valence-electron chi connectivity index (χ1n) is 6.97. The van der Waals surface area contributed by atoms with Crippen LogP contribution in [0.25, 0.3) is 5.69 Å². The SMILES string of the molecule is CC(C)C(C)NC(=O)CSc1nnnn1-c1ccc(O)cc1. The van der Waals surface area contributed by atoms with E-state index in [-0.39, 0.29) is 23.5 Å². The van der Waals surface area contributed by atoms with Gasteiger partial charge in [-0.25, -0.2) is 0 Å². The molecule has 22 heavy (non-hydrogen) atoms. The van der Waals surface area contributed by atoms with Crippen molar-refractivity contribution in [2.24, 2.45) is 5.92 Å². The number of phenolic OH excluding ortho intramolecular Hbond substituents is 1. The summed E-state index contributed by atoms with van der Waals surface area (Å²) in [7, 11) is 0. The summed E-state index contributed by atoms with van der Waals surface area (Å²) in [4.78, 5) is 11.9. The molecule has 0 aliphatic rings. The van der Waals surface area contributed by atoms with Gasteiger partial charge in [0.15, 0.2) is 0 Å². The van der Waals surface area contributed by atoms with E-state index < -0.39 is 0 Å². The smallest absolute Gasteiger partial charge is 0.230 e. The van der Waals surface area contributed by atoms with Crippen molar-refractivity contribution >= 4 is 17.7 Å². The van der Waals surface area contributed by atoms with Crippen LogP contribution in [0.15, 0.2) is 29.4 Å². The zero-order chi connectivity index (χ0) is 16.1. The van der Waals surface area contributed by atoms with E-state index in [0.29, 0.717) is 11.1 Å². The molecule has 2 N–H and O–H groups in total. The highest BCUT2D eigenvalue weighted by Gasteiger charge is 2.14. The number of nitrogens with zero attached hydrogens (tertiary/aromatic N) is 4. The summed E-state index contributed by atoms with van der Waals surface area (Å²) in [5.74, 6) is 0.756. The second kappa shape index (κ2) is 7.26. The molecule has 0 spiro atoms. The van der Waals surface area contributed by atoms with Gasteiger partial charge in [-0.2, -0.15) is 4.68 Å². The molecule has 0 aliphatic carbocycles. The molecule has 0 radical (unpaired) electrons. The molecule has 0 bridgehead atoms. The van der Waals surface area contributed by atoms with Crippen molar-refractivity contribution in [2.45, 2.75) is 32.0 Å². The summed E-state index contributed by atoms with van der Waals surface area (Å²) in [6.07, 6.45) is 0. The molecule has 1 aromatic carbocycles. The van der Waals surface area contributed by atoms with Gasteiger partial charge in [0.25, 0.3) is 0 Å². The predicted octanol–water partition coefficient (Wildman–Crippen LogP) is 1.62. The zero-order valence-corrected chi connectivity index (χ0v) is 13.5. The Labute approximate surface area is 133 Å². The van der Waals surface area contributed by atoms with E-state index in [1.165, 1.54) is 16.4 Å². The van der Waals surface area contributed by atoms with Gasteiger partial charge in [0.2, 0.25) is 11.1 Å². The van der Waals surface area contributed by atoms with Gasteiger partial charge in [0.05, 0.1) is 11.4 Å². The number of amides is 1. The van der Waals surface area contributed by atoms with Crippen molar-refractivity contribution in [3.05, 3.63) is 24.3 Å². The molecular formula is C14H19N5O2S. The molecule has 0 aliphatic heterocycles. The van der Waals surface area contributed by atoms with Gasteiger partial charge >= 0.3 is 0 Å². The number of rotatable bonds is 6. The Bertz CT molecular complexity index is 626. The number of nitrogens with one attached hydrogen (secondary N) is 1. The number of carbonyl (C=O) groups excluding carboxylic acids is 1. The van der Waals surface area contributed by atoms with Crippen LogP contribution in [0.3, 0.4) is 0 Å². The van der Waals surface area contributed by atoms with E-state index in [2.05, 4.69) is 34.7 Å². The number of tetrazole rings is 1. The minimum absolute atomic E-state index is 0.0496. The Morgan fingerprint density at radius 3 is 2.64 bits per heavy atom. The molecule has 2 aromatic rings. The lowest BCUT2D eigenvalue weighted by atomic mass is 10.1. The lowest BCUT2D eigenvalue weighted by Gasteiger charge is -2.17. The Balaban J connectivity index is 1.99. The van der Waals surface area contributed by atoms with Gasteiger partial charge in [-0.05, 0) is 47.5 Å². The van der Waals surface area contributed by atoms with E-state index in [9.17, 15) is 9.90 Å². The maximum atomic E-state index is 11.9. The van der Waals surface area contributed by atoms with Gasteiger partial charge < -0.3 is 10.4 Å². The van der Waals surface area contributed by atoms with Gasteiger partial charge in [0, 0.05) is 6.04 Å². The van der Waals surface area contributed by atoms with Crippen molar-refractivity contribution in [1.82, 2.24) is 25.5 Å². The highest BCUT2D eigenvalue weighted by Crippen LogP contribution is 2.19. The maximum Gasteiger partial charge on any atom is 0.230 e. The summed E-state index contributed by atoms with van der Waals surface area (Å²) < 4.78 is 1.53. The molecule has 1 heterocycles. The molecule has 2 rings (SSSR count). The van der Waals surface area contributed by atoms with E-state index in [1.54, 1.807) is 24.3 Å². The van der Waals surface area contributed by atoms with Crippen molar-refractivity contribution in [2.75, 3.05) is 5.75 Å². The second-order valence-corrected chi connectivity index (χ2v) is 6.22. The monoisotopic (exact) mass is 321 g/mol. The zero-order valence-electron chi connectivity index (χ0n) is 12.7. The molecule has 8 heteroatoms. The second-order valence-electron chi connectivity index (χ2n) is 5.28. The third kappa shape index (κ3) is 4.20. The summed E-state index contributed by atoms with van der Waals surface area (Å²) in [6.45, 7) is 6.10. The first kappa shape index (κ1) is 16.3. The summed E-state index contributed by atoms with van der Waals surface area (Å²) in [6, 6.07) is 6.65. The van der Waals surface area contributed by atoms with Crippen LogP contribution in [0, 0.1) is 5.92 Å². The lowest BCUT2D eigenvalue weighted by molar-refractivity contribution is -0.119. The third-order valence-corrected chi connectivity index (χ3v) is 4.18. The first-order chi connectivity index (χ1) is 10.5. The Hall–Kier alpha value is -2.09. The fourth-order valence-corrected chi connectivity index (χ4v) is 2.32. The van der Waals surface area contributed by atoms with Crippen LogP contribution in [-0.4, -0.2) is 43.0 Å². The number of hydrogen-bond donors (Lipinski definition) is 2. The molecule has 0 saturated carbocycles. The summed E-state index contributed by atoms with van der Waals surface area (Å²) in [5, 5.41) is 24.2. The number of aromatic nitrogens is 4. The quantitative estimate of drug-likeness (QED) is 0.785. The minimum Gasteiger partial charge on any atom is -0.508 e. The van der Waals surface area contributed by atoms with Crippen LogP contribution >= 0.6 is 11.8 Å². The Kier molecular flexibility index (Phi) is 5.37. The number of hydrogen-bond acceptors (Lipinski definition) is 6. The molecular weight excluding hydrogens is 302 g/mol.